The van der Waals surface area contributed by atoms with E-state index in [4.69, 9.17) is 4.74 Å². The first-order valence-electron chi connectivity index (χ1n) is 8.97. The van der Waals surface area contributed by atoms with Crippen molar-refractivity contribution in [2.75, 3.05) is 38.2 Å². The number of carbonyl (C=O) groups is 1. The van der Waals surface area contributed by atoms with Crippen molar-refractivity contribution >= 4 is 11.6 Å². The van der Waals surface area contributed by atoms with Crippen LogP contribution in [0.3, 0.4) is 0 Å². The maximum Gasteiger partial charge on any atom is 0.237 e. The third-order valence-electron chi connectivity index (χ3n) is 4.85. The molecule has 1 aromatic carbocycles. The molecule has 0 spiro atoms. The van der Waals surface area contributed by atoms with E-state index in [0.717, 1.165) is 43.2 Å². The molecule has 138 valence electrons. The molecule has 0 unspecified atom stereocenters. The molecule has 1 N–H and O–H groups in total. The number of amides is 1. The molecule has 2 heterocycles. The first-order chi connectivity index (χ1) is 12.7. The number of carbonyl (C=O) groups excluding carboxylic acids is 1. The zero-order valence-electron chi connectivity index (χ0n) is 15.4. The summed E-state index contributed by atoms with van der Waals surface area (Å²) in [5, 5.41) is 3.00. The molecule has 0 bridgehead atoms. The number of hydrogen-bond acceptors (Lipinski definition) is 5. The summed E-state index contributed by atoms with van der Waals surface area (Å²) in [7, 11) is 1.68. The lowest BCUT2D eigenvalue weighted by Gasteiger charge is -2.38. The normalized spacial score (nSPS) is 16.2. The second kappa shape index (κ2) is 8.67. The Morgan fingerprint density at radius 3 is 2.73 bits per heavy atom. The zero-order valence-corrected chi connectivity index (χ0v) is 15.4. The maximum absolute atomic E-state index is 12.4. The van der Waals surface area contributed by atoms with Crippen molar-refractivity contribution < 1.29 is 9.53 Å². The molecule has 1 atom stereocenters. The number of methoxy groups -OCH3 is 1. The number of hydrogen-bond donors (Lipinski definition) is 1. The van der Waals surface area contributed by atoms with Gasteiger partial charge < -0.3 is 15.0 Å². The molecule has 1 fully saturated rings. The molecule has 0 radical (unpaired) electrons. The van der Waals surface area contributed by atoms with E-state index in [9.17, 15) is 4.79 Å². The van der Waals surface area contributed by atoms with Crippen molar-refractivity contribution in [2.45, 2.75) is 19.5 Å². The fourth-order valence-electron chi connectivity index (χ4n) is 3.18. The van der Waals surface area contributed by atoms with Gasteiger partial charge in [0.15, 0.2) is 0 Å². The Labute approximate surface area is 154 Å². The Balaban J connectivity index is 1.49. The van der Waals surface area contributed by atoms with Crippen LogP contribution in [-0.4, -0.2) is 55.1 Å². The van der Waals surface area contributed by atoms with Crippen LogP contribution in [0.5, 0.6) is 5.75 Å². The molecule has 1 aromatic heterocycles. The summed E-state index contributed by atoms with van der Waals surface area (Å²) < 4.78 is 5.31. The molecule has 3 rings (SSSR count). The highest BCUT2D eigenvalue weighted by atomic mass is 16.5. The summed E-state index contributed by atoms with van der Waals surface area (Å²) in [6, 6.07) is 11.8. The molecule has 0 saturated carbocycles. The number of rotatable bonds is 6. The van der Waals surface area contributed by atoms with E-state index in [1.54, 1.807) is 19.5 Å². The highest BCUT2D eigenvalue weighted by molar-refractivity contribution is 5.81. The lowest BCUT2D eigenvalue weighted by atomic mass is 10.2. The van der Waals surface area contributed by atoms with E-state index in [1.165, 1.54) is 0 Å². The van der Waals surface area contributed by atoms with Gasteiger partial charge in [0.2, 0.25) is 5.91 Å². The average Bonchev–Trinajstić information content (AvgIpc) is 2.72. The maximum atomic E-state index is 12.4. The fourth-order valence-corrected chi connectivity index (χ4v) is 3.18. The van der Waals surface area contributed by atoms with Gasteiger partial charge in [-0.3, -0.25) is 14.7 Å². The minimum absolute atomic E-state index is 0.0590. The van der Waals surface area contributed by atoms with Crippen molar-refractivity contribution in [1.82, 2.24) is 15.2 Å². The van der Waals surface area contributed by atoms with E-state index in [0.29, 0.717) is 6.54 Å². The number of aromatic nitrogens is 1. The molecular formula is C20H26N4O2. The molecule has 6 heteroatoms. The molecule has 0 aliphatic carbocycles. The molecule has 1 amide bonds. The van der Waals surface area contributed by atoms with E-state index in [-0.39, 0.29) is 11.9 Å². The van der Waals surface area contributed by atoms with Crippen LogP contribution < -0.4 is 15.0 Å². The van der Waals surface area contributed by atoms with E-state index in [2.05, 4.69) is 32.2 Å². The molecule has 1 aliphatic rings. The number of benzene rings is 1. The predicted octanol–water partition coefficient (Wildman–Crippen LogP) is 1.92. The number of piperazine rings is 1. The minimum Gasteiger partial charge on any atom is -0.497 e. The summed E-state index contributed by atoms with van der Waals surface area (Å²) in [6.07, 6.45) is 3.51. The van der Waals surface area contributed by atoms with Crippen molar-refractivity contribution in [3.05, 3.63) is 54.4 Å². The smallest absolute Gasteiger partial charge is 0.237 e. The third kappa shape index (κ3) is 4.52. The Hall–Kier alpha value is -2.60. The van der Waals surface area contributed by atoms with Crippen molar-refractivity contribution in [1.29, 1.82) is 0 Å². The summed E-state index contributed by atoms with van der Waals surface area (Å²) >= 11 is 0. The average molecular weight is 354 g/mol. The third-order valence-corrected chi connectivity index (χ3v) is 4.85. The van der Waals surface area contributed by atoms with Gasteiger partial charge in [0.1, 0.15) is 5.75 Å². The predicted molar refractivity (Wildman–Crippen MR) is 102 cm³/mol. The Morgan fingerprint density at radius 2 is 2.04 bits per heavy atom. The standard InChI is InChI=1S/C20H26N4O2/c1-16(20(25)22-15-17-5-4-8-21-14-17)23-9-11-24(12-10-23)18-6-3-7-19(13-18)26-2/h3-8,13-14,16H,9-12,15H2,1-2H3,(H,22,25)/t16-/m0/s1. The monoisotopic (exact) mass is 354 g/mol. The van der Waals surface area contributed by atoms with Crippen LogP contribution in [0.4, 0.5) is 5.69 Å². The van der Waals surface area contributed by atoms with Gasteiger partial charge in [-0.15, -0.1) is 0 Å². The summed E-state index contributed by atoms with van der Waals surface area (Å²) in [4.78, 5) is 21.1. The number of pyridine rings is 1. The first-order valence-corrected chi connectivity index (χ1v) is 8.97. The van der Waals surface area contributed by atoms with Crippen LogP contribution in [-0.2, 0) is 11.3 Å². The van der Waals surface area contributed by atoms with Gasteiger partial charge in [0.25, 0.3) is 0 Å². The van der Waals surface area contributed by atoms with Crippen LogP contribution in [0.25, 0.3) is 0 Å². The molecular weight excluding hydrogens is 328 g/mol. The Morgan fingerprint density at radius 1 is 1.23 bits per heavy atom. The highest BCUT2D eigenvalue weighted by Gasteiger charge is 2.25. The Bertz CT molecular complexity index is 715. The van der Waals surface area contributed by atoms with E-state index in [1.807, 2.05) is 31.2 Å². The van der Waals surface area contributed by atoms with Crippen molar-refractivity contribution in [3.8, 4) is 5.75 Å². The van der Waals surface area contributed by atoms with E-state index < -0.39 is 0 Å². The molecule has 1 aliphatic heterocycles. The summed E-state index contributed by atoms with van der Waals surface area (Å²) in [5.41, 5.74) is 2.17. The summed E-state index contributed by atoms with van der Waals surface area (Å²) in [5.74, 6) is 0.928. The van der Waals surface area contributed by atoms with Crippen molar-refractivity contribution in [3.63, 3.8) is 0 Å². The molecule has 1 saturated heterocycles. The van der Waals surface area contributed by atoms with Gasteiger partial charge in [-0.2, -0.15) is 0 Å². The van der Waals surface area contributed by atoms with Gasteiger partial charge in [0.05, 0.1) is 13.2 Å². The highest BCUT2D eigenvalue weighted by Crippen LogP contribution is 2.22. The van der Waals surface area contributed by atoms with Gasteiger partial charge >= 0.3 is 0 Å². The van der Waals surface area contributed by atoms with Crippen LogP contribution in [0.15, 0.2) is 48.8 Å². The number of nitrogens with zero attached hydrogens (tertiary/aromatic N) is 3. The van der Waals surface area contributed by atoms with Crippen LogP contribution in [0.2, 0.25) is 0 Å². The number of ether oxygens (including phenoxy) is 1. The second-order valence-electron chi connectivity index (χ2n) is 6.48. The minimum atomic E-state index is -0.140. The van der Waals surface area contributed by atoms with Gasteiger partial charge in [0, 0.05) is 56.9 Å². The first kappa shape index (κ1) is 18.2. The largest absolute Gasteiger partial charge is 0.497 e. The van der Waals surface area contributed by atoms with E-state index >= 15 is 0 Å². The molecule has 26 heavy (non-hydrogen) atoms. The lowest BCUT2D eigenvalue weighted by Crippen LogP contribution is -2.53. The lowest BCUT2D eigenvalue weighted by molar-refractivity contribution is -0.126. The second-order valence-corrected chi connectivity index (χ2v) is 6.48. The van der Waals surface area contributed by atoms with Crippen LogP contribution in [0, 0.1) is 0 Å². The van der Waals surface area contributed by atoms with Crippen LogP contribution in [0.1, 0.15) is 12.5 Å². The topological polar surface area (TPSA) is 57.7 Å². The molecule has 6 nitrogen and oxygen atoms in total. The number of nitrogens with one attached hydrogen (secondary N) is 1. The van der Waals surface area contributed by atoms with Gasteiger partial charge in [-0.05, 0) is 30.7 Å². The Kier molecular flexibility index (Phi) is 6.07. The number of anilines is 1. The summed E-state index contributed by atoms with van der Waals surface area (Å²) in [6.45, 7) is 6.00. The molecule has 2 aromatic rings. The van der Waals surface area contributed by atoms with Gasteiger partial charge in [-0.25, -0.2) is 0 Å². The van der Waals surface area contributed by atoms with Crippen molar-refractivity contribution in [2.24, 2.45) is 0 Å². The zero-order chi connectivity index (χ0) is 18.4. The quantitative estimate of drug-likeness (QED) is 0.859. The van der Waals surface area contributed by atoms with Gasteiger partial charge in [-0.1, -0.05) is 12.1 Å². The SMILES string of the molecule is COc1cccc(N2CCN([C@@H](C)C(=O)NCc3cccnc3)CC2)c1. The van der Waals surface area contributed by atoms with Crippen LogP contribution >= 0.6 is 0 Å². The fraction of sp³-hybridized carbons (Fsp3) is 0.400.